The molecule has 0 spiro atoms. The third-order valence-electron chi connectivity index (χ3n) is 10.8. The average molecular weight is 623 g/mol. The maximum absolute atomic E-state index is 11.3. The molecule has 0 aromatic rings. The van der Waals surface area contributed by atoms with Crippen molar-refractivity contribution in [1.29, 1.82) is 0 Å². The van der Waals surface area contributed by atoms with Gasteiger partial charge in [-0.2, -0.15) is 0 Å². The van der Waals surface area contributed by atoms with Crippen LogP contribution >= 0.6 is 0 Å². The zero-order valence-corrected chi connectivity index (χ0v) is 30.6. The molecule has 3 fully saturated rings. The molecule has 0 saturated heterocycles. The molecule has 4 aliphatic rings. The van der Waals surface area contributed by atoms with E-state index in [2.05, 4.69) is 33.8 Å². The van der Waals surface area contributed by atoms with E-state index in [-0.39, 0.29) is 95.3 Å². The van der Waals surface area contributed by atoms with E-state index in [1.165, 1.54) is 0 Å². The number of allylic oxidation sites excluding steroid dienone is 1. The average Bonchev–Trinajstić information content (AvgIpc) is 3.12. The van der Waals surface area contributed by atoms with Gasteiger partial charge in [-0.05, 0) is 85.9 Å². The Kier molecular flexibility index (Phi) is 13.4. The Labute approximate surface area is 285 Å². The molecule has 4 rings (SSSR count). The van der Waals surface area contributed by atoms with Gasteiger partial charge in [0.25, 0.3) is 0 Å². The smallest absolute Gasteiger partial charge is 0.726 e. The van der Waals surface area contributed by atoms with Gasteiger partial charge in [-0.25, -0.2) is 16.8 Å². The molecule has 0 heterocycles. The minimum Gasteiger partial charge on any atom is -0.726 e. The first-order chi connectivity index (χ1) is 17.5. The first-order valence-corrected chi connectivity index (χ1v) is 16.8. The molecular weight excluding hydrogens is 578 g/mol. The summed E-state index contributed by atoms with van der Waals surface area (Å²) < 4.78 is 77.1. The van der Waals surface area contributed by atoms with Crippen LogP contribution in [0.5, 0.6) is 0 Å². The zero-order chi connectivity index (χ0) is 28.1. The fraction of sp³-hybridized carbons (Fsp3) is 0.926. The molecule has 4 aliphatic carbocycles. The Balaban J connectivity index is 0.00000280. The van der Waals surface area contributed by atoms with Crippen LogP contribution in [-0.2, 0) is 29.2 Å². The summed E-state index contributed by atoms with van der Waals surface area (Å²) in [5.74, 6) is 1.80. The number of rotatable bonds is 10. The van der Waals surface area contributed by atoms with Gasteiger partial charge in [0.15, 0.2) is 0 Å². The molecule has 3 saturated carbocycles. The van der Waals surface area contributed by atoms with Crippen LogP contribution in [0.1, 0.15) is 91.9 Å². The van der Waals surface area contributed by atoms with Gasteiger partial charge < -0.3 is 14.2 Å². The van der Waals surface area contributed by atoms with Gasteiger partial charge >= 0.3 is 59.1 Å². The quantitative estimate of drug-likeness (QED) is 0.130. The maximum Gasteiger partial charge on any atom is 1.00 e. The fourth-order valence-electron chi connectivity index (χ4n) is 9.10. The van der Waals surface area contributed by atoms with Gasteiger partial charge in [0, 0.05) is 11.8 Å². The molecule has 0 aliphatic heterocycles. The van der Waals surface area contributed by atoms with Crippen LogP contribution in [0, 0.1) is 46.3 Å². The number of aliphatic hydroxyl groups excluding tert-OH is 1. The maximum atomic E-state index is 11.3. The predicted molar refractivity (Wildman–Crippen MR) is 139 cm³/mol. The van der Waals surface area contributed by atoms with E-state index < -0.39 is 38.4 Å². The van der Waals surface area contributed by atoms with Gasteiger partial charge in [-0.1, -0.05) is 52.2 Å². The molecule has 13 heteroatoms. The van der Waals surface area contributed by atoms with Gasteiger partial charge in [-0.3, -0.25) is 8.37 Å². The number of aliphatic hydroxyl groups is 1. The summed E-state index contributed by atoms with van der Waals surface area (Å²) in [6.07, 6.45) is 8.45. The van der Waals surface area contributed by atoms with E-state index in [1.807, 2.05) is 0 Å². The summed E-state index contributed by atoms with van der Waals surface area (Å²) in [7, 11) is -9.60. The van der Waals surface area contributed by atoms with Crippen LogP contribution in [-0.4, -0.2) is 49.9 Å². The van der Waals surface area contributed by atoms with Crippen molar-refractivity contribution in [2.75, 3.05) is 6.61 Å². The van der Waals surface area contributed by atoms with E-state index in [0.717, 1.165) is 56.9 Å². The van der Waals surface area contributed by atoms with Crippen molar-refractivity contribution in [2.24, 2.45) is 46.3 Å². The summed E-state index contributed by atoms with van der Waals surface area (Å²) in [6, 6.07) is 0. The number of hydrogen-bond donors (Lipinski definition) is 1. The Morgan fingerprint density at radius 3 is 2.30 bits per heavy atom. The second-order valence-corrected chi connectivity index (χ2v) is 15.3. The van der Waals surface area contributed by atoms with Crippen molar-refractivity contribution < 1.29 is 98.5 Å². The molecule has 1 unspecified atom stereocenters. The first kappa shape index (κ1) is 37.6. The summed E-state index contributed by atoms with van der Waals surface area (Å²) >= 11 is 0. The van der Waals surface area contributed by atoms with Crippen molar-refractivity contribution in [1.82, 2.24) is 0 Å². The molecule has 40 heavy (non-hydrogen) atoms. The van der Waals surface area contributed by atoms with Gasteiger partial charge in [0.1, 0.15) is 0 Å². The molecule has 0 aromatic heterocycles. The van der Waals surface area contributed by atoms with Crippen molar-refractivity contribution in [3.63, 3.8) is 0 Å². The predicted octanol–water partition coefficient (Wildman–Crippen LogP) is -1.69. The SMILES string of the molecule is CC(C)CCC[C@@H](COS(=O)(=O)[O-])[C@H]1CC[C@H]2C3CC=C4C[C@@H](OS(=O)(=O)[O-])C[C@@H](O)[C@]4(C)[C@H]3CC[C@]12C.[Na+].[Na+]. The Morgan fingerprint density at radius 1 is 1.02 bits per heavy atom. The van der Waals surface area contributed by atoms with Crippen LogP contribution in [0.4, 0.5) is 0 Å². The van der Waals surface area contributed by atoms with Crippen molar-refractivity contribution in [3.8, 4) is 0 Å². The Morgan fingerprint density at radius 2 is 1.70 bits per heavy atom. The van der Waals surface area contributed by atoms with E-state index in [1.54, 1.807) is 0 Å². The zero-order valence-electron chi connectivity index (χ0n) is 25.0. The number of hydrogen-bond acceptors (Lipinski definition) is 9. The van der Waals surface area contributed by atoms with Crippen LogP contribution in [0.2, 0.25) is 0 Å². The van der Waals surface area contributed by atoms with Gasteiger partial charge in [-0.15, -0.1) is 0 Å². The molecule has 1 N–H and O–H groups in total. The molecule has 0 bridgehead atoms. The Hall–Kier alpha value is 1.44. The summed E-state index contributed by atoms with van der Waals surface area (Å²) in [6.45, 7) is 8.69. The molecule has 9 nitrogen and oxygen atoms in total. The Bertz CT molecular complexity index is 1110. The summed E-state index contributed by atoms with van der Waals surface area (Å²) in [4.78, 5) is 0. The van der Waals surface area contributed by atoms with E-state index in [9.17, 15) is 31.0 Å². The van der Waals surface area contributed by atoms with Crippen molar-refractivity contribution >= 4 is 20.8 Å². The summed E-state index contributed by atoms with van der Waals surface area (Å²) in [5, 5.41) is 11.3. The van der Waals surface area contributed by atoms with E-state index in [0.29, 0.717) is 24.2 Å². The number of fused-ring (bicyclic) bond motifs is 5. The molecule has 9 atom stereocenters. The van der Waals surface area contributed by atoms with E-state index >= 15 is 0 Å². The van der Waals surface area contributed by atoms with Crippen LogP contribution in [0.3, 0.4) is 0 Å². The normalized spacial score (nSPS) is 38.2. The first-order valence-electron chi connectivity index (χ1n) is 14.2. The largest absolute Gasteiger partial charge is 1.00 e. The van der Waals surface area contributed by atoms with Crippen molar-refractivity contribution in [2.45, 2.75) is 104 Å². The second-order valence-electron chi connectivity index (χ2n) is 13.2. The molecule has 0 radical (unpaired) electrons. The minimum absolute atomic E-state index is 0. The minimum atomic E-state index is -4.84. The topological polar surface area (TPSA) is 153 Å². The van der Waals surface area contributed by atoms with Crippen LogP contribution in [0.25, 0.3) is 0 Å². The van der Waals surface area contributed by atoms with Crippen LogP contribution < -0.4 is 59.1 Å². The molecular formula is C27H44Na2O9S2. The third kappa shape index (κ3) is 8.17. The van der Waals surface area contributed by atoms with Gasteiger partial charge in [0.05, 0.1) is 18.8 Å². The molecule has 0 aromatic carbocycles. The molecule has 220 valence electrons. The molecule has 0 amide bonds. The monoisotopic (exact) mass is 622 g/mol. The van der Waals surface area contributed by atoms with Crippen LogP contribution in [0.15, 0.2) is 11.6 Å². The van der Waals surface area contributed by atoms with E-state index in [4.69, 9.17) is 8.37 Å². The third-order valence-corrected chi connectivity index (χ3v) is 11.8. The van der Waals surface area contributed by atoms with Crippen molar-refractivity contribution in [3.05, 3.63) is 11.6 Å². The van der Waals surface area contributed by atoms with Gasteiger partial charge in [0.2, 0.25) is 20.8 Å². The fourth-order valence-corrected chi connectivity index (χ4v) is 9.92. The summed E-state index contributed by atoms with van der Waals surface area (Å²) in [5.41, 5.74) is 0.485. The standard InChI is InChI=1S/C27H46O9S2.2Na/c1-17(2)6-5-7-18(16-35-37(29,30)31)22-10-11-23-21-9-8-19-14-20(36-38(32,33)34)15-25(28)27(19,4)24(21)12-13-26(22,23)3;;/h8,17-18,20-25,28H,5-7,9-16H2,1-4H3,(H,29,30,31)(H,32,33,34);;/q;2*+1/p-2/t18-,20+,21?,22+,23-,24-,25+,26+,27-;;/m0../s1. The second kappa shape index (κ2) is 14.3.